The Morgan fingerprint density at radius 3 is 2.09 bits per heavy atom. The molecule has 0 bridgehead atoms. The van der Waals surface area contributed by atoms with Gasteiger partial charge in [0.25, 0.3) is 0 Å². The summed E-state index contributed by atoms with van der Waals surface area (Å²) < 4.78 is 0. The molecule has 5 aliphatic carbocycles. The molecule has 0 aromatic rings. The highest BCUT2D eigenvalue weighted by atomic mass is 16.3. The number of rotatable bonds is 1. The van der Waals surface area contributed by atoms with E-state index in [1.165, 1.54) is 5.57 Å². The van der Waals surface area contributed by atoms with Crippen LogP contribution in [-0.4, -0.2) is 56.6 Å². The summed E-state index contributed by atoms with van der Waals surface area (Å²) in [5.41, 5.74) is -0.460. The van der Waals surface area contributed by atoms with Crippen molar-refractivity contribution in [3.05, 3.63) is 11.6 Å². The molecule has 12 atom stereocenters. The third-order valence-corrected chi connectivity index (χ3v) is 13.6. The summed E-state index contributed by atoms with van der Waals surface area (Å²) in [6, 6.07) is 0. The van der Waals surface area contributed by atoms with Crippen LogP contribution in [0.25, 0.3) is 0 Å². The lowest BCUT2D eigenvalue weighted by Crippen LogP contribution is -2.70. The van der Waals surface area contributed by atoms with Gasteiger partial charge in [0, 0.05) is 10.8 Å². The van der Waals surface area contributed by atoms with Crippen molar-refractivity contribution < 1.29 is 25.5 Å². The van der Waals surface area contributed by atoms with Crippen LogP contribution in [0.2, 0.25) is 0 Å². The molecule has 0 aromatic heterocycles. The third-order valence-electron chi connectivity index (χ3n) is 13.6. The second kappa shape index (κ2) is 7.56. The fourth-order valence-corrected chi connectivity index (χ4v) is 10.8. The number of aliphatic hydroxyl groups excluding tert-OH is 5. The highest BCUT2D eigenvalue weighted by Crippen LogP contribution is 2.75. The van der Waals surface area contributed by atoms with Crippen LogP contribution in [0.5, 0.6) is 0 Å². The Morgan fingerprint density at radius 1 is 0.800 bits per heavy atom. The molecule has 5 nitrogen and oxygen atoms in total. The summed E-state index contributed by atoms with van der Waals surface area (Å²) in [5, 5.41) is 55.3. The summed E-state index contributed by atoms with van der Waals surface area (Å²) in [5.74, 6) is 0.707. The summed E-state index contributed by atoms with van der Waals surface area (Å²) in [7, 11) is 0. The molecule has 4 fully saturated rings. The maximum atomic E-state index is 11.7. The monoisotopic (exact) mass is 490 g/mol. The summed E-state index contributed by atoms with van der Waals surface area (Å²) in [4.78, 5) is 0. The van der Waals surface area contributed by atoms with Gasteiger partial charge < -0.3 is 25.5 Å². The zero-order valence-corrected chi connectivity index (χ0v) is 23.0. The van der Waals surface area contributed by atoms with Gasteiger partial charge in [0.2, 0.25) is 0 Å². The molecule has 0 saturated heterocycles. The van der Waals surface area contributed by atoms with E-state index in [1.807, 2.05) is 20.8 Å². The van der Waals surface area contributed by atoms with Crippen LogP contribution in [-0.2, 0) is 0 Å². The predicted molar refractivity (Wildman–Crippen MR) is 136 cm³/mol. The number of fused-ring (bicyclic) bond motifs is 7. The van der Waals surface area contributed by atoms with Crippen molar-refractivity contribution in [2.75, 3.05) is 6.61 Å². The lowest BCUT2D eigenvalue weighted by molar-refractivity contribution is -0.247. The second-order valence-electron chi connectivity index (χ2n) is 15.2. The van der Waals surface area contributed by atoms with Gasteiger partial charge in [-0.05, 0) is 84.4 Å². The van der Waals surface area contributed by atoms with E-state index in [-0.39, 0.29) is 34.7 Å². The maximum absolute atomic E-state index is 11.7. The van der Waals surface area contributed by atoms with E-state index in [0.717, 1.165) is 38.5 Å². The first-order valence-corrected chi connectivity index (χ1v) is 14.1. The Labute approximate surface area is 212 Å². The molecule has 35 heavy (non-hydrogen) atoms. The van der Waals surface area contributed by atoms with E-state index in [2.05, 4.69) is 33.8 Å². The van der Waals surface area contributed by atoms with Gasteiger partial charge in [-0.25, -0.2) is 0 Å². The van der Waals surface area contributed by atoms with Gasteiger partial charge in [0.15, 0.2) is 0 Å². The van der Waals surface area contributed by atoms with E-state index in [4.69, 9.17) is 0 Å². The van der Waals surface area contributed by atoms with Gasteiger partial charge in [-0.3, -0.25) is 0 Å². The van der Waals surface area contributed by atoms with Gasteiger partial charge >= 0.3 is 0 Å². The lowest BCUT2D eigenvalue weighted by atomic mass is 9.33. The summed E-state index contributed by atoms with van der Waals surface area (Å²) >= 11 is 0. The van der Waals surface area contributed by atoms with Crippen LogP contribution < -0.4 is 0 Å². The zero-order chi connectivity index (χ0) is 26.0. The molecular weight excluding hydrogens is 440 g/mol. The minimum atomic E-state index is -0.958. The standard InChI is InChI=1S/C30H50O5/c1-25(2)14-18-17-8-9-20-26(3)12-11-21(32)27(4,16-31)19(26)10-13-28(20,5)29(17,6)15-22(33)30(18,7)24(35)23(25)34/h8,18-24,31-35H,9-16H2,1-7H3/t18?,19?,20?,21-,22+,23-,24-,26-,27+,28+,29+,30-/m0/s1. The normalized spacial score (nSPS) is 59.4. The Kier molecular flexibility index (Phi) is 5.65. The predicted octanol–water partition coefficient (Wildman–Crippen LogP) is 4.05. The van der Waals surface area contributed by atoms with E-state index in [1.54, 1.807) is 0 Å². The quantitative estimate of drug-likeness (QED) is 0.357. The van der Waals surface area contributed by atoms with Gasteiger partial charge in [-0.15, -0.1) is 0 Å². The molecule has 5 aliphatic rings. The molecule has 5 heteroatoms. The number of hydrogen-bond donors (Lipinski definition) is 5. The first-order valence-electron chi connectivity index (χ1n) is 14.1. The van der Waals surface area contributed by atoms with E-state index in [9.17, 15) is 25.5 Å². The van der Waals surface area contributed by atoms with Crippen molar-refractivity contribution >= 4 is 0 Å². The molecule has 5 rings (SSSR count). The van der Waals surface area contributed by atoms with Crippen LogP contribution in [0.3, 0.4) is 0 Å². The molecule has 0 radical (unpaired) electrons. The molecule has 200 valence electrons. The van der Waals surface area contributed by atoms with Crippen molar-refractivity contribution in [2.24, 2.45) is 50.2 Å². The molecule has 0 heterocycles. The van der Waals surface area contributed by atoms with Crippen molar-refractivity contribution in [1.82, 2.24) is 0 Å². The molecule has 0 amide bonds. The van der Waals surface area contributed by atoms with Crippen LogP contribution in [0, 0.1) is 50.2 Å². The smallest absolute Gasteiger partial charge is 0.0888 e. The van der Waals surface area contributed by atoms with Gasteiger partial charge in [-0.1, -0.05) is 60.1 Å². The Balaban J connectivity index is 1.61. The molecule has 0 aromatic carbocycles. The average Bonchev–Trinajstić information content (AvgIpc) is 2.78. The number of aliphatic hydroxyl groups is 5. The maximum Gasteiger partial charge on any atom is 0.0888 e. The molecule has 0 spiro atoms. The van der Waals surface area contributed by atoms with E-state index >= 15 is 0 Å². The first kappa shape index (κ1) is 26.2. The Hall–Kier alpha value is -0.460. The molecule has 0 aliphatic heterocycles. The lowest BCUT2D eigenvalue weighted by Gasteiger charge is -2.72. The summed E-state index contributed by atoms with van der Waals surface area (Å²) in [6.45, 7) is 15.4. The van der Waals surface area contributed by atoms with Crippen molar-refractivity contribution in [3.63, 3.8) is 0 Å². The highest BCUT2D eigenvalue weighted by molar-refractivity contribution is 5.36. The average molecular weight is 491 g/mol. The topological polar surface area (TPSA) is 101 Å². The largest absolute Gasteiger partial charge is 0.396 e. The van der Waals surface area contributed by atoms with Crippen LogP contribution >= 0.6 is 0 Å². The SMILES string of the molecule is CC1(C)CC2C3=CCC4[C@@]5(C)CC[C@H](O)[C@](C)(CO)C5CC[C@@]4(C)[C@]3(C)C[C@@H](O)[C@@]2(C)[C@@H](O)[C@@H]1O. The first-order chi connectivity index (χ1) is 16.0. The molecule has 5 N–H and O–H groups in total. The van der Waals surface area contributed by atoms with Crippen LogP contribution in [0.1, 0.15) is 93.4 Å². The van der Waals surface area contributed by atoms with Gasteiger partial charge in [0.05, 0.1) is 31.0 Å². The Bertz CT molecular complexity index is 914. The van der Waals surface area contributed by atoms with Gasteiger partial charge in [0.1, 0.15) is 0 Å². The highest BCUT2D eigenvalue weighted by Gasteiger charge is 2.71. The molecular formula is C30H50O5. The fraction of sp³-hybridized carbons (Fsp3) is 0.933. The third kappa shape index (κ3) is 2.94. The molecule has 3 unspecified atom stereocenters. The minimum absolute atomic E-state index is 0.0159. The Morgan fingerprint density at radius 2 is 1.46 bits per heavy atom. The summed E-state index contributed by atoms with van der Waals surface area (Å²) in [6.07, 6.45) is 5.51. The van der Waals surface area contributed by atoms with Crippen molar-refractivity contribution in [1.29, 1.82) is 0 Å². The van der Waals surface area contributed by atoms with E-state index in [0.29, 0.717) is 12.3 Å². The van der Waals surface area contributed by atoms with Crippen LogP contribution in [0.4, 0.5) is 0 Å². The number of allylic oxidation sites excluding steroid dienone is 2. The fourth-order valence-electron chi connectivity index (χ4n) is 10.8. The minimum Gasteiger partial charge on any atom is -0.396 e. The second-order valence-corrected chi connectivity index (χ2v) is 15.2. The van der Waals surface area contributed by atoms with Crippen molar-refractivity contribution in [2.45, 2.75) is 118 Å². The molecule has 4 saturated carbocycles. The van der Waals surface area contributed by atoms with Crippen molar-refractivity contribution in [3.8, 4) is 0 Å². The van der Waals surface area contributed by atoms with E-state index < -0.39 is 40.7 Å². The number of hydrogen-bond acceptors (Lipinski definition) is 5. The zero-order valence-electron chi connectivity index (χ0n) is 23.0. The van der Waals surface area contributed by atoms with Crippen LogP contribution in [0.15, 0.2) is 11.6 Å². The van der Waals surface area contributed by atoms with Gasteiger partial charge in [-0.2, -0.15) is 0 Å².